The molecule has 1 aromatic rings. The zero-order valence-electron chi connectivity index (χ0n) is 13.9. The number of nitrogens with two attached hydrogens (primary N) is 1. The van der Waals surface area contributed by atoms with Crippen LogP contribution in [0.5, 0.6) is 0 Å². The molecule has 2 atom stereocenters. The van der Waals surface area contributed by atoms with Crippen molar-refractivity contribution in [3.8, 4) is 0 Å². The number of aryl methyl sites for hydroxylation is 1. The van der Waals surface area contributed by atoms with E-state index in [0.717, 1.165) is 5.69 Å². The highest BCUT2D eigenvalue weighted by atomic mass is 16.6. The van der Waals surface area contributed by atoms with Crippen molar-refractivity contribution in [1.29, 1.82) is 0 Å². The Bertz CT molecular complexity index is 580. The zero-order valence-corrected chi connectivity index (χ0v) is 13.9. The van der Waals surface area contributed by atoms with Crippen LogP contribution in [0.25, 0.3) is 0 Å². The second kappa shape index (κ2) is 6.54. The van der Waals surface area contributed by atoms with Gasteiger partial charge in [0.25, 0.3) is 0 Å². The minimum atomic E-state index is -0.580. The summed E-state index contributed by atoms with van der Waals surface area (Å²) in [5, 5.41) is 0. The topological polar surface area (TPSA) is 94.8 Å². The van der Waals surface area contributed by atoms with Crippen LogP contribution in [-0.2, 0) is 9.47 Å². The smallest absolute Gasteiger partial charge is 0.410 e. The molecular weight excluding hydrogens is 298 g/mol. The van der Waals surface area contributed by atoms with E-state index in [1.165, 1.54) is 11.1 Å². The number of hydrogen-bond acceptors (Lipinski definition) is 6. The fraction of sp³-hybridized carbons (Fsp3) is 0.562. The van der Waals surface area contributed by atoms with Gasteiger partial charge in [0.1, 0.15) is 11.7 Å². The molecule has 1 fully saturated rings. The van der Waals surface area contributed by atoms with Crippen LogP contribution >= 0.6 is 0 Å². The average molecular weight is 321 g/mol. The van der Waals surface area contributed by atoms with Gasteiger partial charge in [0, 0.05) is 18.4 Å². The van der Waals surface area contributed by atoms with Crippen molar-refractivity contribution in [2.45, 2.75) is 45.4 Å². The lowest BCUT2D eigenvalue weighted by molar-refractivity contribution is 0.0184. The van der Waals surface area contributed by atoms with E-state index in [-0.39, 0.29) is 6.54 Å². The van der Waals surface area contributed by atoms with Gasteiger partial charge in [-0.15, -0.1) is 0 Å². The molecular formula is C16H23N3O4. The van der Waals surface area contributed by atoms with Gasteiger partial charge in [-0.05, 0) is 39.8 Å². The minimum Gasteiger partial charge on any atom is -0.455 e. The molecule has 2 heterocycles. The number of carbonyl (C=O) groups is 2. The number of ether oxygens (including phenoxy) is 2. The number of pyridine rings is 1. The van der Waals surface area contributed by atoms with E-state index in [9.17, 15) is 9.59 Å². The molecule has 7 heteroatoms. The first-order valence-corrected chi connectivity index (χ1v) is 7.53. The number of nitrogens with zero attached hydrogens (tertiary/aromatic N) is 2. The quantitative estimate of drug-likeness (QED) is 0.829. The summed E-state index contributed by atoms with van der Waals surface area (Å²) in [7, 11) is 0. The molecule has 23 heavy (non-hydrogen) atoms. The fourth-order valence-electron chi connectivity index (χ4n) is 2.19. The third kappa shape index (κ3) is 4.66. The number of carbonyl (C=O) groups excluding carboxylic acids is 2. The summed E-state index contributed by atoms with van der Waals surface area (Å²) >= 11 is 0. The third-order valence-corrected chi connectivity index (χ3v) is 3.37. The second-order valence-corrected chi connectivity index (χ2v) is 6.68. The fourth-order valence-corrected chi connectivity index (χ4v) is 2.19. The molecule has 1 aromatic heterocycles. The molecule has 1 aliphatic heterocycles. The Morgan fingerprint density at radius 1 is 1.30 bits per heavy atom. The van der Waals surface area contributed by atoms with Crippen molar-refractivity contribution in [3.63, 3.8) is 0 Å². The summed E-state index contributed by atoms with van der Waals surface area (Å²) in [6.07, 6.45) is 0.448. The predicted octanol–water partition coefficient (Wildman–Crippen LogP) is 1.49. The van der Waals surface area contributed by atoms with Gasteiger partial charge in [0.05, 0.1) is 18.2 Å². The maximum atomic E-state index is 12.1. The largest absolute Gasteiger partial charge is 0.455 e. The van der Waals surface area contributed by atoms with E-state index in [1.807, 2.05) is 6.92 Å². The zero-order chi connectivity index (χ0) is 17.2. The predicted molar refractivity (Wildman–Crippen MR) is 84.0 cm³/mol. The maximum Gasteiger partial charge on any atom is 0.410 e. The van der Waals surface area contributed by atoms with Gasteiger partial charge in [0.15, 0.2) is 0 Å². The first-order valence-electron chi connectivity index (χ1n) is 7.53. The molecule has 1 saturated heterocycles. The molecule has 126 valence electrons. The Morgan fingerprint density at radius 2 is 2.00 bits per heavy atom. The van der Waals surface area contributed by atoms with Gasteiger partial charge in [0.2, 0.25) is 0 Å². The Kier molecular flexibility index (Phi) is 4.89. The lowest BCUT2D eigenvalue weighted by Gasteiger charge is -2.24. The maximum absolute atomic E-state index is 12.1. The summed E-state index contributed by atoms with van der Waals surface area (Å²) in [5.74, 6) is -0.496. The van der Waals surface area contributed by atoms with E-state index in [4.69, 9.17) is 15.2 Å². The van der Waals surface area contributed by atoms with Crippen LogP contribution < -0.4 is 5.73 Å². The number of rotatable bonds is 2. The second-order valence-electron chi connectivity index (χ2n) is 6.68. The first kappa shape index (κ1) is 17.2. The van der Waals surface area contributed by atoms with E-state index in [0.29, 0.717) is 12.1 Å². The highest BCUT2D eigenvalue weighted by Gasteiger charge is 2.37. The monoisotopic (exact) mass is 321 g/mol. The van der Waals surface area contributed by atoms with Gasteiger partial charge in [-0.1, -0.05) is 0 Å². The van der Waals surface area contributed by atoms with Gasteiger partial charge in [-0.2, -0.15) is 0 Å². The highest BCUT2D eigenvalue weighted by molar-refractivity contribution is 5.89. The van der Waals surface area contributed by atoms with Crippen LogP contribution in [0.2, 0.25) is 0 Å². The number of amides is 1. The van der Waals surface area contributed by atoms with E-state index in [1.54, 1.807) is 32.9 Å². The third-order valence-electron chi connectivity index (χ3n) is 3.37. The molecule has 0 saturated carbocycles. The van der Waals surface area contributed by atoms with Crippen LogP contribution in [0.4, 0.5) is 4.79 Å². The SMILES string of the molecule is Cc1ccc(C(=O)O[C@H]2CN(C(=O)OC(C)(C)C)C[C@@H]2N)cn1. The van der Waals surface area contributed by atoms with Crippen LogP contribution in [0, 0.1) is 6.92 Å². The Hall–Kier alpha value is -2.15. The highest BCUT2D eigenvalue weighted by Crippen LogP contribution is 2.18. The molecule has 0 aliphatic carbocycles. The van der Waals surface area contributed by atoms with Crippen LogP contribution in [0.15, 0.2) is 18.3 Å². The molecule has 0 unspecified atom stereocenters. The van der Waals surface area contributed by atoms with Gasteiger partial charge in [-0.3, -0.25) is 4.98 Å². The first-order chi connectivity index (χ1) is 10.7. The summed E-state index contributed by atoms with van der Waals surface area (Å²) in [4.78, 5) is 29.7. The van der Waals surface area contributed by atoms with Crippen LogP contribution in [-0.4, -0.2) is 52.8 Å². The van der Waals surface area contributed by atoms with Crippen molar-refractivity contribution >= 4 is 12.1 Å². The van der Waals surface area contributed by atoms with Crippen LogP contribution in [0.1, 0.15) is 36.8 Å². The summed E-state index contributed by atoms with van der Waals surface area (Å²) < 4.78 is 10.7. The van der Waals surface area contributed by atoms with Gasteiger partial charge in [-0.25, -0.2) is 9.59 Å². The molecule has 0 radical (unpaired) electrons. The number of hydrogen-bond donors (Lipinski definition) is 1. The molecule has 2 N–H and O–H groups in total. The average Bonchev–Trinajstić information content (AvgIpc) is 2.79. The summed E-state index contributed by atoms with van der Waals surface area (Å²) in [5.41, 5.74) is 6.57. The standard InChI is InChI=1S/C16H23N3O4/c1-10-5-6-11(7-18-10)14(20)22-13-9-19(8-12(13)17)15(21)23-16(2,3)4/h5-7,12-13H,8-9,17H2,1-4H3/t12-,13-/m0/s1. The number of aromatic nitrogens is 1. The minimum absolute atomic E-state index is 0.223. The lowest BCUT2D eigenvalue weighted by atomic mass is 10.2. The Morgan fingerprint density at radius 3 is 2.57 bits per heavy atom. The molecule has 7 nitrogen and oxygen atoms in total. The van der Waals surface area contributed by atoms with E-state index < -0.39 is 29.8 Å². The van der Waals surface area contributed by atoms with Gasteiger partial charge < -0.3 is 20.1 Å². The van der Waals surface area contributed by atoms with Gasteiger partial charge >= 0.3 is 12.1 Å². The molecule has 1 amide bonds. The van der Waals surface area contributed by atoms with E-state index in [2.05, 4.69) is 4.98 Å². The molecule has 1 aliphatic rings. The lowest BCUT2D eigenvalue weighted by Crippen LogP contribution is -2.37. The Labute approximate surface area is 135 Å². The normalized spacial score (nSPS) is 21.2. The van der Waals surface area contributed by atoms with Crippen molar-refractivity contribution in [2.75, 3.05) is 13.1 Å². The van der Waals surface area contributed by atoms with Crippen molar-refractivity contribution in [1.82, 2.24) is 9.88 Å². The Balaban J connectivity index is 1.95. The van der Waals surface area contributed by atoms with E-state index >= 15 is 0 Å². The number of esters is 1. The molecule has 2 rings (SSSR count). The number of likely N-dealkylation sites (tertiary alicyclic amines) is 1. The summed E-state index contributed by atoms with van der Waals surface area (Å²) in [6, 6.07) is 2.94. The summed E-state index contributed by atoms with van der Waals surface area (Å²) in [6.45, 7) is 7.73. The van der Waals surface area contributed by atoms with Crippen LogP contribution in [0.3, 0.4) is 0 Å². The molecule has 0 spiro atoms. The molecule has 0 bridgehead atoms. The van der Waals surface area contributed by atoms with Crippen molar-refractivity contribution in [2.24, 2.45) is 5.73 Å². The molecule has 0 aromatic carbocycles. The van der Waals surface area contributed by atoms with Crippen molar-refractivity contribution in [3.05, 3.63) is 29.6 Å². The van der Waals surface area contributed by atoms with Crippen molar-refractivity contribution < 1.29 is 19.1 Å².